The Kier molecular flexibility index (Phi) is 6.08. The predicted octanol–water partition coefficient (Wildman–Crippen LogP) is 4.77. The number of nitrogens with zero attached hydrogens (tertiary/aromatic N) is 1. The minimum absolute atomic E-state index is 0.527. The van der Waals surface area contributed by atoms with Gasteiger partial charge in [-0.3, -0.25) is 4.90 Å². The van der Waals surface area contributed by atoms with Crippen molar-refractivity contribution >= 4 is 12.6 Å². The quantitative estimate of drug-likeness (QED) is 0.687. The topological polar surface area (TPSA) is 3.24 Å². The Labute approximate surface area is 125 Å². The van der Waals surface area contributed by atoms with Crippen LogP contribution in [-0.4, -0.2) is 29.8 Å². The molecule has 0 N–H and O–H groups in total. The van der Waals surface area contributed by atoms with Crippen LogP contribution >= 0.6 is 12.6 Å². The molecule has 0 saturated heterocycles. The minimum atomic E-state index is 0.527. The summed E-state index contributed by atoms with van der Waals surface area (Å²) in [6.07, 6.45) is 12.9. The van der Waals surface area contributed by atoms with Crippen molar-refractivity contribution in [2.45, 2.75) is 77.7 Å². The Bertz CT molecular complexity index is 252. The molecule has 0 unspecified atom stereocenters. The molecule has 19 heavy (non-hydrogen) atoms. The Balaban J connectivity index is 2.00. The molecule has 0 amide bonds. The Hall–Kier alpha value is 0.310. The van der Waals surface area contributed by atoms with Crippen LogP contribution < -0.4 is 0 Å². The molecule has 2 aliphatic carbocycles. The average molecular weight is 284 g/mol. The van der Waals surface area contributed by atoms with E-state index in [1.54, 1.807) is 0 Å². The van der Waals surface area contributed by atoms with Gasteiger partial charge < -0.3 is 0 Å². The van der Waals surface area contributed by atoms with Crippen LogP contribution in [0, 0.1) is 11.3 Å². The highest BCUT2D eigenvalue weighted by Crippen LogP contribution is 2.39. The molecule has 0 bridgehead atoms. The first-order valence-electron chi connectivity index (χ1n) is 8.50. The van der Waals surface area contributed by atoms with E-state index in [0.717, 1.165) is 17.7 Å². The van der Waals surface area contributed by atoms with Crippen molar-refractivity contribution in [3.8, 4) is 0 Å². The van der Waals surface area contributed by atoms with E-state index in [9.17, 15) is 0 Å². The third-order valence-electron chi connectivity index (χ3n) is 5.23. The molecule has 2 fully saturated rings. The van der Waals surface area contributed by atoms with E-state index in [4.69, 9.17) is 12.6 Å². The molecule has 0 atom stereocenters. The lowest BCUT2D eigenvalue weighted by atomic mass is 9.75. The molecular weight excluding hydrogens is 250 g/mol. The highest BCUT2D eigenvalue weighted by atomic mass is 32.1. The summed E-state index contributed by atoms with van der Waals surface area (Å²) in [6, 6.07) is 0.876. The van der Waals surface area contributed by atoms with Gasteiger partial charge in [-0.1, -0.05) is 46.0 Å². The molecule has 2 heteroatoms. The maximum atomic E-state index is 4.73. The largest absolute Gasteiger partial charge is 0.300 e. The van der Waals surface area contributed by atoms with Gasteiger partial charge in [-0.05, 0) is 42.8 Å². The second kappa shape index (κ2) is 7.36. The zero-order valence-corrected chi connectivity index (χ0v) is 13.9. The first kappa shape index (κ1) is 15.7. The molecule has 2 saturated carbocycles. The van der Waals surface area contributed by atoms with E-state index in [1.807, 2.05) is 0 Å². The first-order chi connectivity index (χ1) is 9.15. The number of hydrogen-bond acceptors (Lipinski definition) is 2. The van der Waals surface area contributed by atoms with Crippen molar-refractivity contribution < 1.29 is 0 Å². The van der Waals surface area contributed by atoms with E-state index in [1.165, 1.54) is 70.9 Å². The lowest BCUT2D eigenvalue weighted by molar-refractivity contribution is 0.0838. The van der Waals surface area contributed by atoms with Crippen molar-refractivity contribution in [3.63, 3.8) is 0 Å². The summed E-state index contributed by atoms with van der Waals surface area (Å²) in [4.78, 5) is 2.85. The minimum Gasteiger partial charge on any atom is -0.300 e. The summed E-state index contributed by atoms with van der Waals surface area (Å²) in [5, 5.41) is 0. The van der Waals surface area contributed by atoms with Crippen molar-refractivity contribution in [1.82, 2.24) is 4.90 Å². The molecule has 0 aliphatic heterocycles. The van der Waals surface area contributed by atoms with E-state index >= 15 is 0 Å². The van der Waals surface area contributed by atoms with Crippen molar-refractivity contribution in [3.05, 3.63) is 0 Å². The van der Waals surface area contributed by atoms with Gasteiger partial charge in [0.15, 0.2) is 0 Å². The zero-order chi connectivity index (χ0) is 13.7. The normalized spacial score (nSPS) is 24.5. The van der Waals surface area contributed by atoms with E-state index < -0.39 is 0 Å². The lowest BCUT2D eigenvalue weighted by Crippen LogP contribution is -2.46. The van der Waals surface area contributed by atoms with Crippen molar-refractivity contribution in [2.75, 3.05) is 18.8 Å². The monoisotopic (exact) mass is 283 g/mol. The lowest BCUT2D eigenvalue weighted by Gasteiger charge is -2.43. The van der Waals surface area contributed by atoms with Gasteiger partial charge in [0, 0.05) is 19.1 Å². The van der Waals surface area contributed by atoms with Gasteiger partial charge in [-0.15, -0.1) is 0 Å². The summed E-state index contributed by atoms with van der Waals surface area (Å²) >= 11 is 4.73. The summed E-state index contributed by atoms with van der Waals surface area (Å²) in [6.45, 7) is 7.35. The van der Waals surface area contributed by atoms with Crippen LogP contribution in [0.2, 0.25) is 0 Å². The van der Waals surface area contributed by atoms with Crippen LogP contribution in [0.15, 0.2) is 0 Å². The Morgan fingerprint density at radius 2 is 1.68 bits per heavy atom. The van der Waals surface area contributed by atoms with Crippen LogP contribution in [0.1, 0.15) is 71.6 Å². The number of rotatable bonds is 6. The molecule has 0 aromatic rings. The molecule has 0 spiro atoms. The molecule has 112 valence electrons. The van der Waals surface area contributed by atoms with Gasteiger partial charge in [-0.25, -0.2) is 0 Å². The van der Waals surface area contributed by atoms with Crippen LogP contribution in [0.5, 0.6) is 0 Å². The molecule has 0 aromatic carbocycles. The number of hydrogen-bond donors (Lipinski definition) is 1. The number of thiol groups is 1. The van der Waals surface area contributed by atoms with Gasteiger partial charge in [-0.2, -0.15) is 12.6 Å². The molecule has 0 heterocycles. The van der Waals surface area contributed by atoms with Gasteiger partial charge in [0.25, 0.3) is 0 Å². The van der Waals surface area contributed by atoms with Crippen LogP contribution in [0.4, 0.5) is 0 Å². The van der Waals surface area contributed by atoms with Crippen LogP contribution in [0.25, 0.3) is 0 Å². The third kappa shape index (κ3) is 4.39. The van der Waals surface area contributed by atoms with E-state index in [-0.39, 0.29) is 0 Å². The second-order valence-electron chi connectivity index (χ2n) is 7.48. The highest BCUT2D eigenvalue weighted by Gasteiger charge is 2.35. The Morgan fingerprint density at radius 3 is 2.21 bits per heavy atom. The predicted molar refractivity (Wildman–Crippen MR) is 88.0 cm³/mol. The average Bonchev–Trinajstić information content (AvgIpc) is 2.92. The molecular formula is C17H33NS. The Morgan fingerprint density at radius 1 is 1.05 bits per heavy atom. The molecule has 0 radical (unpaired) electrons. The second-order valence-corrected chi connectivity index (χ2v) is 7.80. The van der Waals surface area contributed by atoms with Gasteiger partial charge in [0.2, 0.25) is 0 Å². The highest BCUT2D eigenvalue weighted by molar-refractivity contribution is 7.80. The molecule has 2 aliphatic rings. The van der Waals surface area contributed by atoms with Crippen molar-refractivity contribution in [1.29, 1.82) is 0 Å². The summed E-state index contributed by atoms with van der Waals surface area (Å²) < 4.78 is 0. The fourth-order valence-corrected chi connectivity index (χ4v) is 4.60. The van der Waals surface area contributed by atoms with E-state index in [2.05, 4.69) is 18.7 Å². The van der Waals surface area contributed by atoms with Gasteiger partial charge in [0.05, 0.1) is 0 Å². The molecule has 1 nitrogen and oxygen atoms in total. The fraction of sp³-hybridized carbons (Fsp3) is 1.00. The van der Waals surface area contributed by atoms with E-state index in [0.29, 0.717) is 5.41 Å². The fourth-order valence-electron chi connectivity index (χ4n) is 4.18. The summed E-state index contributed by atoms with van der Waals surface area (Å²) in [5.74, 6) is 1.88. The van der Waals surface area contributed by atoms with Gasteiger partial charge >= 0.3 is 0 Å². The summed E-state index contributed by atoms with van der Waals surface area (Å²) in [7, 11) is 0. The maximum Gasteiger partial charge on any atom is 0.00956 e. The SMILES string of the molecule is CC(C)CN(CC1(CS)CCCCC1)C1CCCC1. The standard InChI is InChI=1S/C17H33NS/c1-15(2)12-18(16-8-4-5-9-16)13-17(14-19)10-6-3-7-11-17/h15-16,19H,3-14H2,1-2H3. The van der Waals surface area contributed by atoms with Crippen LogP contribution in [0.3, 0.4) is 0 Å². The third-order valence-corrected chi connectivity index (χ3v) is 5.90. The van der Waals surface area contributed by atoms with Crippen molar-refractivity contribution in [2.24, 2.45) is 11.3 Å². The molecule has 0 aromatic heterocycles. The summed E-state index contributed by atoms with van der Waals surface area (Å²) in [5.41, 5.74) is 0.527. The zero-order valence-electron chi connectivity index (χ0n) is 13.0. The maximum absolute atomic E-state index is 4.73. The smallest absolute Gasteiger partial charge is 0.00956 e. The first-order valence-corrected chi connectivity index (χ1v) is 9.13. The van der Waals surface area contributed by atoms with Crippen LogP contribution in [-0.2, 0) is 0 Å². The molecule has 2 rings (SSSR count). The van der Waals surface area contributed by atoms with Gasteiger partial charge in [0.1, 0.15) is 0 Å².